The molecule has 1 aliphatic rings. The molecule has 9 heteroatoms. The Bertz CT molecular complexity index is 1190. The third-order valence-electron chi connectivity index (χ3n) is 4.86. The van der Waals surface area contributed by atoms with Gasteiger partial charge in [-0.05, 0) is 24.3 Å². The molecule has 150 valence electrons. The maximum Gasteiger partial charge on any atom is 0.272 e. The van der Waals surface area contributed by atoms with E-state index in [1.165, 1.54) is 4.90 Å². The van der Waals surface area contributed by atoms with Crippen molar-refractivity contribution in [3.8, 4) is 0 Å². The van der Waals surface area contributed by atoms with Crippen LogP contribution >= 0.6 is 0 Å². The predicted molar refractivity (Wildman–Crippen MR) is 103 cm³/mol. The molecule has 4 rings (SSSR count). The zero-order valence-corrected chi connectivity index (χ0v) is 16.1. The fraction of sp³-hybridized carbons (Fsp3) is 0.200. The van der Waals surface area contributed by atoms with Crippen molar-refractivity contribution in [2.45, 2.75) is 4.90 Å². The molecule has 2 heterocycles. The molecular weight excluding hydrogens is 400 g/mol. The monoisotopic (exact) mass is 417 g/mol. The van der Waals surface area contributed by atoms with Crippen molar-refractivity contribution in [1.29, 1.82) is 0 Å². The molecule has 0 atom stereocenters. The summed E-state index contributed by atoms with van der Waals surface area (Å²) >= 11 is 0. The SMILES string of the molecule is O=C(c1ccc2ccccc2n1)N1CCN(S(=O)(=O)c2ccc(F)cc2F)CC1. The minimum absolute atomic E-state index is 0.0124. The first-order valence-corrected chi connectivity index (χ1v) is 10.4. The predicted octanol–water partition coefficient (Wildman–Crippen LogP) is 2.66. The van der Waals surface area contributed by atoms with E-state index in [9.17, 15) is 22.0 Å². The molecule has 0 aliphatic carbocycles. The van der Waals surface area contributed by atoms with E-state index in [1.54, 1.807) is 6.07 Å². The quantitative estimate of drug-likeness (QED) is 0.657. The van der Waals surface area contributed by atoms with Crippen molar-refractivity contribution in [3.63, 3.8) is 0 Å². The number of para-hydroxylation sites is 1. The van der Waals surface area contributed by atoms with Gasteiger partial charge in [-0.3, -0.25) is 4.79 Å². The smallest absolute Gasteiger partial charge is 0.272 e. The van der Waals surface area contributed by atoms with E-state index < -0.39 is 26.6 Å². The number of nitrogens with zero attached hydrogens (tertiary/aromatic N) is 3. The first-order valence-electron chi connectivity index (χ1n) is 8.96. The highest BCUT2D eigenvalue weighted by atomic mass is 32.2. The summed E-state index contributed by atoms with van der Waals surface area (Å²) in [5, 5.41) is 0.918. The number of sulfonamides is 1. The van der Waals surface area contributed by atoms with Gasteiger partial charge in [-0.15, -0.1) is 0 Å². The van der Waals surface area contributed by atoms with Gasteiger partial charge in [0.05, 0.1) is 5.52 Å². The van der Waals surface area contributed by atoms with Crippen LogP contribution in [-0.4, -0.2) is 54.7 Å². The number of fused-ring (bicyclic) bond motifs is 1. The Hall–Kier alpha value is -2.91. The molecule has 1 aromatic heterocycles. The van der Waals surface area contributed by atoms with E-state index in [2.05, 4.69) is 4.98 Å². The van der Waals surface area contributed by atoms with Gasteiger partial charge in [0.2, 0.25) is 10.0 Å². The van der Waals surface area contributed by atoms with Crippen molar-refractivity contribution in [2.24, 2.45) is 0 Å². The summed E-state index contributed by atoms with van der Waals surface area (Å²) in [5.74, 6) is -2.27. The van der Waals surface area contributed by atoms with E-state index in [1.807, 2.05) is 30.3 Å². The normalized spacial score (nSPS) is 15.6. The first-order chi connectivity index (χ1) is 13.9. The lowest BCUT2D eigenvalue weighted by Gasteiger charge is -2.33. The van der Waals surface area contributed by atoms with E-state index in [4.69, 9.17) is 0 Å². The van der Waals surface area contributed by atoms with Crippen LogP contribution in [0.1, 0.15) is 10.5 Å². The minimum atomic E-state index is -4.11. The van der Waals surface area contributed by atoms with Crippen LogP contribution < -0.4 is 0 Å². The zero-order chi connectivity index (χ0) is 20.6. The van der Waals surface area contributed by atoms with E-state index in [0.717, 1.165) is 21.8 Å². The number of hydrogen-bond acceptors (Lipinski definition) is 4. The fourth-order valence-corrected chi connectivity index (χ4v) is 4.77. The Balaban J connectivity index is 1.49. The number of aromatic nitrogens is 1. The number of pyridine rings is 1. The third-order valence-corrected chi connectivity index (χ3v) is 6.79. The minimum Gasteiger partial charge on any atom is -0.335 e. The average Bonchev–Trinajstić information content (AvgIpc) is 2.72. The van der Waals surface area contributed by atoms with Gasteiger partial charge >= 0.3 is 0 Å². The lowest BCUT2D eigenvalue weighted by molar-refractivity contribution is 0.0692. The molecule has 0 saturated carbocycles. The van der Waals surface area contributed by atoms with Crippen molar-refractivity contribution < 1.29 is 22.0 Å². The van der Waals surface area contributed by atoms with E-state index >= 15 is 0 Å². The summed E-state index contributed by atoms with van der Waals surface area (Å²) in [7, 11) is -4.11. The van der Waals surface area contributed by atoms with Crippen molar-refractivity contribution in [3.05, 3.63) is 71.9 Å². The second-order valence-electron chi connectivity index (χ2n) is 6.66. The molecule has 0 bridgehead atoms. The second-order valence-corrected chi connectivity index (χ2v) is 8.57. The van der Waals surface area contributed by atoms with Crippen LogP contribution in [0.5, 0.6) is 0 Å². The number of hydrogen-bond donors (Lipinski definition) is 0. The molecular formula is C20H17F2N3O3S. The topological polar surface area (TPSA) is 70.6 Å². The maximum absolute atomic E-state index is 13.9. The van der Waals surface area contributed by atoms with Crippen molar-refractivity contribution in [2.75, 3.05) is 26.2 Å². The Morgan fingerprint density at radius 1 is 0.931 bits per heavy atom. The Kier molecular flexibility index (Phi) is 5.01. The summed E-state index contributed by atoms with van der Waals surface area (Å²) in [4.78, 5) is 18.1. The molecule has 0 spiro atoms. The molecule has 1 fully saturated rings. The van der Waals surface area contributed by atoms with Crippen LogP contribution in [0.4, 0.5) is 8.78 Å². The van der Waals surface area contributed by atoms with Crippen LogP contribution in [0.2, 0.25) is 0 Å². The maximum atomic E-state index is 13.9. The van der Waals surface area contributed by atoms with Crippen LogP contribution in [0.25, 0.3) is 10.9 Å². The van der Waals surface area contributed by atoms with Gasteiger partial charge in [0.1, 0.15) is 22.2 Å². The summed E-state index contributed by atoms with van der Waals surface area (Å²) in [6.07, 6.45) is 0. The van der Waals surface area contributed by atoms with Crippen molar-refractivity contribution in [1.82, 2.24) is 14.2 Å². The number of piperazine rings is 1. The van der Waals surface area contributed by atoms with Gasteiger partial charge in [0.25, 0.3) is 5.91 Å². The van der Waals surface area contributed by atoms with Crippen molar-refractivity contribution >= 4 is 26.8 Å². The van der Waals surface area contributed by atoms with Gasteiger partial charge < -0.3 is 4.90 Å². The van der Waals surface area contributed by atoms with Gasteiger partial charge in [-0.2, -0.15) is 4.31 Å². The van der Waals surface area contributed by atoms with Gasteiger partial charge in [0.15, 0.2) is 0 Å². The van der Waals surface area contributed by atoms with Gasteiger partial charge in [-0.1, -0.05) is 24.3 Å². The van der Waals surface area contributed by atoms with Gasteiger partial charge in [0, 0.05) is 37.6 Å². The van der Waals surface area contributed by atoms with Gasteiger partial charge in [-0.25, -0.2) is 22.2 Å². The average molecular weight is 417 g/mol. The first kappa shape index (κ1) is 19.4. The zero-order valence-electron chi connectivity index (χ0n) is 15.3. The fourth-order valence-electron chi connectivity index (χ4n) is 3.30. The molecule has 0 unspecified atom stereocenters. The van der Waals surface area contributed by atoms with Crippen LogP contribution in [-0.2, 0) is 10.0 Å². The lowest BCUT2D eigenvalue weighted by Crippen LogP contribution is -2.50. The number of carbonyl (C=O) groups is 1. The standard InChI is InChI=1S/C20H17F2N3O3S/c21-15-6-8-19(16(22)13-15)29(27,28)25-11-9-24(10-12-25)20(26)18-7-5-14-3-1-2-4-17(14)23-18/h1-8,13H,9-12H2. The highest BCUT2D eigenvalue weighted by Crippen LogP contribution is 2.22. The molecule has 0 radical (unpaired) electrons. The lowest BCUT2D eigenvalue weighted by atomic mass is 10.2. The van der Waals surface area contributed by atoms with Crippen LogP contribution in [0.3, 0.4) is 0 Å². The molecule has 1 aliphatic heterocycles. The number of carbonyl (C=O) groups excluding carboxylic acids is 1. The summed E-state index contributed by atoms with van der Waals surface area (Å²) < 4.78 is 53.4. The molecule has 1 amide bonds. The third kappa shape index (κ3) is 3.70. The summed E-state index contributed by atoms with van der Waals surface area (Å²) in [6.45, 7) is 0.321. The molecule has 1 saturated heterocycles. The number of rotatable bonds is 3. The number of amides is 1. The summed E-state index contributed by atoms with van der Waals surface area (Å²) in [5.41, 5.74) is 0.982. The molecule has 3 aromatic rings. The molecule has 6 nitrogen and oxygen atoms in total. The molecule has 29 heavy (non-hydrogen) atoms. The highest BCUT2D eigenvalue weighted by molar-refractivity contribution is 7.89. The number of benzene rings is 2. The van der Waals surface area contributed by atoms with E-state index in [0.29, 0.717) is 11.6 Å². The molecule has 2 aromatic carbocycles. The molecule has 0 N–H and O–H groups in total. The van der Waals surface area contributed by atoms with E-state index in [-0.39, 0.29) is 37.8 Å². The Morgan fingerprint density at radius 3 is 2.38 bits per heavy atom. The highest BCUT2D eigenvalue weighted by Gasteiger charge is 2.32. The largest absolute Gasteiger partial charge is 0.335 e. The Morgan fingerprint density at radius 2 is 1.66 bits per heavy atom. The van der Waals surface area contributed by atoms with Crippen LogP contribution in [0, 0.1) is 11.6 Å². The number of halogens is 2. The summed E-state index contributed by atoms with van der Waals surface area (Å²) in [6, 6.07) is 13.2. The second kappa shape index (κ2) is 7.49. The van der Waals surface area contributed by atoms with Crippen LogP contribution in [0.15, 0.2) is 59.5 Å². The Labute approximate surface area is 166 Å².